The molecular formula is C18H28N4O2. The molecule has 2 aliphatic carbocycles. The van der Waals surface area contributed by atoms with Crippen LogP contribution in [0.2, 0.25) is 0 Å². The van der Waals surface area contributed by atoms with E-state index in [-0.39, 0.29) is 11.8 Å². The van der Waals surface area contributed by atoms with Crippen molar-refractivity contribution in [2.24, 2.45) is 23.5 Å². The highest BCUT2D eigenvalue weighted by Crippen LogP contribution is 2.42. The van der Waals surface area contributed by atoms with Gasteiger partial charge in [0, 0.05) is 42.9 Å². The fraction of sp³-hybridized carbons (Fsp3) is 0.778. The molecule has 3 fully saturated rings. The van der Waals surface area contributed by atoms with E-state index in [1.54, 1.807) is 0 Å². The first-order valence-corrected chi connectivity index (χ1v) is 9.40. The molecule has 1 aliphatic heterocycles. The number of rotatable bonds is 3. The van der Waals surface area contributed by atoms with Crippen LogP contribution in [0.4, 0.5) is 5.82 Å². The maximum Gasteiger partial charge on any atom is 0.228 e. The Bertz CT molecular complexity index is 567. The lowest BCUT2D eigenvalue weighted by molar-refractivity contribution is -0.122. The van der Waals surface area contributed by atoms with Gasteiger partial charge in [0.05, 0.1) is 0 Å². The topological polar surface area (TPSA) is 93.0 Å². The number of fused-ring (bicyclic) bond motifs is 2. The van der Waals surface area contributed by atoms with Crippen molar-refractivity contribution in [2.75, 3.05) is 18.5 Å². The van der Waals surface area contributed by atoms with Gasteiger partial charge in [0.25, 0.3) is 0 Å². The summed E-state index contributed by atoms with van der Waals surface area (Å²) in [6.07, 6.45) is 7.51. The summed E-state index contributed by atoms with van der Waals surface area (Å²) in [6.45, 7) is 1.60. The fourth-order valence-electron chi connectivity index (χ4n) is 4.85. The Morgan fingerprint density at radius 1 is 1.21 bits per heavy atom. The van der Waals surface area contributed by atoms with Crippen LogP contribution in [0, 0.1) is 17.8 Å². The first-order valence-electron chi connectivity index (χ1n) is 9.40. The standard InChI is InChI=1S/C18H28N4O2/c19-17-12-2-1-3-13(17)9-14(8-12)18(23)20-16-10-15(21-22-16)11-4-6-24-7-5-11/h10-14,17H,1-9,19H2,(H2,20,21,22,23). The number of anilines is 1. The number of nitrogens with zero attached hydrogens (tertiary/aromatic N) is 1. The van der Waals surface area contributed by atoms with Gasteiger partial charge in [0.2, 0.25) is 5.91 Å². The number of nitrogens with two attached hydrogens (primary N) is 1. The van der Waals surface area contributed by atoms with Crippen LogP contribution in [0.5, 0.6) is 0 Å². The number of hydrogen-bond acceptors (Lipinski definition) is 4. The normalized spacial score (nSPS) is 34.0. The van der Waals surface area contributed by atoms with E-state index in [0.717, 1.165) is 44.6 Å². The number of carbonyl (C=O) groups excluding carboxylic acids is 1. The van der Waals surface area contributed by atoms with Crippen LogP contribution in [0.25, 0.3) is 0 Å². The average Bonchev–Trinajstić information content (AvgIpc) is 3.04. The number of aromatic amines is 1. The van der Waals surface area contributed by atoms with Crippen molar-refractivity contribution in [3.63, 3.8) is 0 Å². The van der Waals surface area contributed by atoms with Crippen molar-refractivity contribution in [1.82, 2.24) is 10.2 Å². The molecule has 1 aromatic heterocycles. The maximum absolute atomic E-state index is 12.7. The van der Waals surface area contributed by atoms with Crippen molar-refractivity contribution >= 4 is 11.7 Å². The zero-order valence-electron chi connectivity index (χ0n) is 14.2. The highest BCUT2D eigenvalue weighted by molar-refractivity contribution is 5.91. The molecule has 4 rings (SSSR count). The molecule has 24 heavy (non-hydrogen) atoms. The quantitative estimate of drug-likeness (QED) is 0.792. The van der Waals surface area contributed by atoms with Gasteiger partial charge in [0.15, 0.2) is 5.82 Å². The summed E-state index contributed by atoms with van der Waals surface area (Å²) in [7, 11) is 0. The Morgan fingerprint density at radius 2 is 1.92 bits per heavy atom. The molecular weight excluding hydrogens is 304 g/mol. The molecule has 0 aromatic carbocycles. The van der Waals surface area contributed by atoms with E-state index in [1.807, 2.05) is 6.07 Å². The monoisotopic (exact) mass is 332 g/mol. The number of H-pyrrole nitrogens is 1. The summed E-state index contributed by atoms with van der Waals surface area (Å²) >= 11 is 0. The Kier molecular flexibility index (Phi) is 4.59. The van der Waals surface area contributed by atoms with E-state index in [2.05, 4.69) is 15.5 Å². The van der Waals surface area contributed by atoms with E-state index in [4.69, 9.17) is 10.5 Å². The van der Waals surface area contributed by atoms with Crippen molar-refractivity contribution in [1.29, 1.82) is 0 Å². The summed E-state index contributed by atoms with van der Waals surface area (Å²) in [6, 6.07) is 2.29. The Morgan fingerprint density at radius 3 is 2.62 bits per heavy atom. The highest BCUT2D eigenvalue weighted by Gasteiger charge is 2.40. The van der Waals surface area contributed by atoms with Gasteiger partial charge >= 0.3 is 0 Å². The third kappa shape index (κ3) is 3.22. The zero-order chi connectivity index (χ0) is 16.5. The van der Waals surface area contributed by atoms with Gasteiger partial charge in [-0.15, -0.1) is 0 Å². The van der Waals surface area contributed by atoms with Gasteiger partial charge in [-0.1, -0.05) is 6.42 Å². The smallest absolute Gasteiger partial charge is 0.228 e. The van der Waals surface area contributed by atoms with Crippen LogP contribution in [0.15, 0.2) is 6.07 Å². The molecule has 1 amide bonds. The molecule has 1 saturated heterocycles. The lowest BCUT2D eigenvalue weighted by atomic mass is 9.65. The van der Waals surface area contributed by atoms with Gasteiger partial charge < -0.3 is 15.8 Å². The second-order valence-corrected chi connectivity index (χ2v) is 7.78. The van der Waals surface area contributed by atoms with Crippen LogP contribution in [-0.4, -0.2) is 35.4 Å². The molecule has 0 spiro atoms. The number of carbonyl (C=O) groups is 1. The second kappa shape index (κ2) is 6.84. The van der Waals surface area contributed by atoms with Gasteiger partial charge in [-0.05, 0) is 50.4 Å². The van der Waals surface area contributed by atoms with Crippen LogP contribution in [0.1, 0.15) is 56.6 Å². The van der Waals surface area contributed by atoms with Gasteiger partial charge in [-0.2, -0.15) is 5.10 Å². The average molecular weight is 332 g/mol. The van der Waals surface area contributed by atoms with Crippen LogP contribution >= 0.6 is 0 Å². The third-order valence-corrected chi connectivity index (χ3v) is 6.29. The maximum atomic E-state index is 12.7. The Hall–Kier alpha value is -1.40. The number of nitrogens with one attached hydrogen (secondary N) is 2. The van der Waals surface area contributed by atoms with Crippen LogP contribution < -0.4 is 11.1 Å². The van der Waals surface area contributed by atoms with E-state index in [9.17, 15) is 4.79 Å². The molecule has 2 saturated carbocycles. The summed E-state index contributed by atoms with van der Waals surface area (Å²) < 4.78 is 5.40. The summed E-state index contributed by atoms with van der Waals surface area (Å²) in [4.78, 5) is 12.7. The number of ether oxygens (including phenoxy) is 1. The lowest BCUT2D eigenvalue weighted by Crippen LogP contribution is -2.48. The molecule has 3 aliphatic rings. The minimum Gasteiger partial charge on any atom is -0.381 e. The third-order valence-electron chi connectivity index (χ3n) is 6.29. The molecule has 0 radical (unpaired) electrons. The van der Waals surface area contributed by atoms with E-state index in [0.29, 0.717) is 29.6 Å². The van der Waals surface area contributed by atoms with Crippen molar-refractivity contribution in [3.8, 4) is 0 Å². The minimum atomic E-state index is 0.0864. The first kappa shape index (κ1) is 16.1. The molecule has 2 bridgehead atoms. The minimum absolute atomic E-state index is 0.0864. The summed E-state index contributed by atoms with van der Waals surface area (Å²) in [5.74, 6) is 2.35. The Balaban J connectivity index is 1.37. The molecule has 4 N–H and O–H groups in total. The highest BCUT2D eigenvalue weighted by atomic mass is 16.5. The van der Waals surface area contributed by atoms with Crippen molar-refractivity contribution < 1.29 is 9.53 Å². The predicted molar refractivity (Wildman–Crippen MR) is 91.5 cm³/mol. The molecule has 132 valence electrons. The second-order valence-electron chi connectivity index (χ2n) is 7.78. The van der Waals surface area contributed by atoms with Gasteiger partial charge in [-0.25, -0.2) is 0 Å². The fourth-order valence-corrected chi connectivity index (χ4v) is 4.85. The van der Waals surface area contributed by atoms with Crippen molar-refractivity contribution in [3.05, 3.63) is 11.8 Å². The van der Waals surface area contributed by atoms with Crippen LogP contribution in [-0.2, 0) is 9.53 Å². The predicted octanol–water partition coefficient (Wildman–Crippen LogP) is 2.40. The zero-order valence-corrected chi connectivity index (χ0v) is 14.2. The molecule has 2 unspecified atom stereocenters. The molecule has 2 atom stereocenters. The SMILES string of the molecule is NC1C2CCCC1CC(C(=O)Nc1cc(C3CCOCC3)[nH]n1)C2. The number of amides is 1. The molecule has 6 heteroatoms. The van der Waals surface area contributed by atoms with Gasteiger partial charge in [0.1, 0.15) is 0 Å². The number of aromatic nitrogens is 2. The largest absolute Gasteiger partial charge is 0.381 e. The van der Waals surface area contributed by atoms with Crippen molar-refractivity contribution in [2.45, 2.75) is 56.9 Å². The van der Waals surface area contributed by atoms with Gasteiger partial charge in [-0.3, -0.25) is 9.89 Å². The van der Waals surface area contributed by atoms with E-state index >= 15 is 0 Å². The lowest BCUT2D eigenvalue weighted by Gasteiger charge is -2.43. The summed E-state index contributed by atoms with van der Waals surface area (Å²) in [5.41, 5.74) is 7.43. The van der Waals surface area contributed by atoms with E-state index in [1.165, 1.54) is 19.3 Å². The van der Waals surface area contributed by atoms with Crippen LogP contribution in [0.3, 0.4) is 0 Å². The Labute approximate surface area is 142 Å². The molecule has 1 aromatic rings. The first-order chi connectivity index (χ1) is 11.7. The molecule has 2 heterocycles. The number of hydrogen-bond donors (Lipinski definition) is 3. The van der Waals surface area contributed by atoms with E-state index < -0.39 is 0 Å². The molecule has 6 nitrogen and oxygen atoms in total. The summed E-state index contributed by atoms with van der Waals surface area (Å²) in [5, 5.41) is 10.4.